The number of nitrogens with one attached hydrogen (secondary N) is 3. The molecule has 0 heterocycles. The third-order valence-corrected chi connectivity index (χ3v) is 4.42. The molecule has 6 heteroatoms. The molecule has 0 saturated heterocycles. The van der Waals surface area contributed by atoms with Crippen LogP contribution < -0.4 is 16.0 Å². The van der Waals surface area contributed by atoms with Gasteiger partial charge in [-0.15, -0.1) is 0 Å². The van der Waals surface area contributed by atoms with E-state index in [-0.39, 0.29) is 24.9 Å². The molecule has 0 bridgehead atoms. The van der Waals surface area contributed by atoms with Gasteiger partial charge >= 0.3 is 0 Å². The summed E-state index contributed by atoms with van der Waals surface area (Å²) < 4.78 is 0.953. The first kappa shape index (κ1) is 20.0. The summed E-state index contributed by atoms with van der Waals surface area (Å²) in [6, 6.07) is 13.5. The Bertz CT molecular complexity index is 790. The second kappa shape index (κ2) is 9.38. The lowest BCUT2D eigenvalue weighted by atomic mass is 10.0. The third kappa shape index (κ3) is 5.88. The highest BCUT2D eigenvalue weighted by Gasteiger charge is 2.09. The van der Waals surface area contributed by atoms with Crippen LogP contribution in [-0.2, 0) is 9.59 Å². The molecular formula is C20H24BrN3O2. The fraction of sp³-hybridized carbons (Fsp3) is 0.300. The van der Waals surface area contributed by atoms with E-state index in [1.807, 2.05) is 49.4 Å². The first-order valence-electron chi connectivity index (χ1n) is 8.52. The Morgan fingerprint density at radius 1 is 1.00 bits per heavy atom. The number of rotatable bonds is 7. The molecule has 0 spiro atoms. The lowest BCUT2D eigenvalue weighted by Gasteiger charge is -2.14. The van der Waals surface area contributed by atoms with Crippen LogP contribution >= 0.6 is 15.9 Å². The zero-order valence-corrected chi connectivity index (χ0v) is 16.8. The quantitative estimate of drug-likeness (QED) is 0.636. The van der Waals surface area contributed by atoms with Gasteiger partial charge in [0.2, 0.25) is 11.8 Å². The molecule has 0 saturated carbocycles. The lowest BCUT2D eigenvalue weighted by Crippen LogP contribution is -2.36. The van der Waals surface area contributed by atoms with Crippen LogP contribution in [0.3, 0.4) is 0 Å². The maximum absolute atomic E-state index is 12.0. The minimum atomic E-state index is -0.258. The third-order valence-electron chi connectivity index (χ3n) is 3.93. The van der Waals surface area contributed by atoms with E-state index in [1.165, 1.54) is 0 Å². The highest BCUT2D eigenvalue weighted by molar-refractivity contribution is 9.10. The molecule has 0 aliphatic rings. The molecule has 0 atom stereocenters. The number of halogens is 1. The lowest BCUT2D eigenvalue weighted by molar-refractivity contribution is -0.122. The number of hydrogen-bond acceptors (Lipinski definition) is 3. The summed E-state index contributed by atoms with van der Waals surface area (Å²) >= 11 is 3.39. The minimum Gasteiger partial charge on any atom is -0.376 e. The average molecular weight is 418 g/mol. The Morgan fingerprint density at radius 2 is 1.73 bits per heavy atom. The first-order chi connectivity index (χ1) is 12.4. The van der Waals surface area contributed by atoms with Crippen LogP contribution in [0, 0.1) is 6.92 Å². The SMILES string of the molecule is Cc1cc(Br)ccc1NC(=O)CNC(=O)CNc1ccccc1C(C)C. The Balaban J connectivity index is 1.81. The molecule has 0 aliphatic carbocycles. The summed E-state index contributed by atoms with van der Waals surface area (Å²) in [5.41, 5.74) is 3.78. The number of carbonyl (C=O) groups is 2. The second-order valence-electron chi connectivity index (χ2n) is 6.38. The van der Waals surface area contributed by atoms with Crippen molar-refractivity contribution in [3.05, 3.63) is 58.1 Å². The predicted molar refractivity (Wildman–Crippen MR) is 110 cm³/mol. The van der Waals surface area contributed by atoms with Crippen molar-refractivity contribution < 1.29 is 9.59 Å². The number of aryl methyl sites for hydroxylation is 1. The van der Waals surface area contributed by atoms with Gasteiger partial charge in [-0.05, 0) is 48.2 Å². The van der Waals surface area contributed by atoms with E-state index in [2.05, 4.69) is 45.7 Å². The van der Waals surface area contributed by atoms with Crippen LogP contribution in [0.5, 0.6) is 0 Å². The smallest absolute Gasteiger partial charge is 0.243 e. The number of amides is 2. The Labute approximate surface area is 162 Å². The second-order valence-corrected chi connectivity index (χ2v) is 7.30. The van der Waals surface area contributed by atoms with Gasteiger partial charge in [-0.2, -0.15) is 0 Å². The van der Waals surface area contributed by atoms with Crippen LogP contribution in [0.15, 0.2) is 46.9 Å². The van der Waals surface area contributed by atoms with Crippen LogP contribution in [0.25, 0.3) is 0 Å². The number of benzene rings is 2. The van der Waals surface area contributed by atoms with Gasteiger partial charge in [-0.25, -0.2) is 0 Å². The Morgan fingerprint density at radius 3 is 2.42 bits per heavy atom. The molecule has 0 aromatic heterocycles. The molecule has 2 aromatic rings. The molecule has 3 N–H and O–H groups in total. The zero-order valence-electron chi connectivity index (χ0n) is 15.2. The zero-order chi connectivity index (χ0) is 19.1. The Kier molecular flexibility index (Phi) is 7.21. The van der Waals surface area contributed by atoms with Crippen LogP contribution in [0.2, 0.25) is 0 Å². The Hall–Kier alpha value is -2.34. The molecule has 0 fully saturated rings. The minimum absolute atomic E-state index is 0.0676. The van der Waals surface area contributed by atoms with E-state index in [1.54, 1.807) is 0 Å². The molecular weight excluding hydrogens is 394 g/mol. The van der Waals surface area contributed by atoms with Gasteiger partial charge in [0.25, 0.3) is 0 Å². The van der Waals surface area contributed by atoms with E-state index in [9.17, 15) is 9.59 Å². The summed E-state index contributed by atoms with van der Waals surface area (Å²) in [4.78, 5) is 24.0. The fourth-order valence-corrected chi connectivity index (χ4v) is 3.02. The molecule has 0 unspecified atom stereocenters. The molecule has 138 valence electrons. The summed E-state index contributed by atoms with van der Waals surface area (Å²) in [7, 11) is 0. The highest BCUT2D eigenvalue weighted by Crippen LogP contribution is 2.23. The van der Waals surface area contributed by atoms with E-state index in [0.29, 0.717) is 5.92 Å². The number of anilines is 2. The van der Waals surface area contributed by atoms with E-state index in [0.717, 1.165) is 27.0 Å². The predicted octanol–water partition coefficient (Wildman–Crippen LogP) is 4.05. The maximum Gasteiger partial charge on any atom is 0.243 e. The van der Waals surface area contributed by atoms with E-state index in [4.69, 9.17) is 0 Å². The fourth-order valence-electron chi connectivity index (χ4n) is 2.54. The van der Waals surface area contributed by atoms with Gasteiger partial charge in [0.1, 0.15) is 0 Å². The van der Waals surface area contributed by atoms with Crippen molar-refractivity contribution in [2.75, 3.05) is 23.7 Å². The number of hydrogen-bond donors (Lipinski definition) is 3. The van der Waals surface area contributed by atoms with Crippen molar-refractivity contribution in [3.8, 4) is 0 Å². The summed E-state index contributed by atoms with van der Waals surface area (Å²) in [6.45, 7) is 6.18. The molecule has 0 aliphatic heterocycles. The van der Waals surface area contributed by atoms with Crippen LogP contribution in [-0.4, -0.2) is 24.9 Å². The first-order valence-corrected chi connectivity index (χ1v) is 9.31. The van der Waals surface area contributed by atoms with E-state index >= 15 is 0 Å². The van der Waals surface area contributed by atoms with Crippen LogP contribution in [0.1, 0.15) is 30.9 Å². The maximum atomic E-state index is 12.0. The van der Waals surface area contributed by atoms with Crippen LogP contribution in [0.4, 0.5) is 11.4 Å². The summed E-state index contributed by atoms with van der Waals surface area (Å²) in [5.74, 6) is -0.126. The number of carbonyl (C=O) groups excluding carboxylic acids is 2. The molecule has 2 amide bonds. The van der Waals surface area contributed by atoms with Crippen molar-refractivity contribution in [1.82, 2.24) is 5.32 Å². The van der Waals surface area contributed by atoms with Gasteiger partial charge in [0.05, 0.1) is 13.1 Å². The molecule has 2 aromatic carbocycles. The molecule has 26 heavy (non-hydrogen) atoms. The summed E-state index contributed by atoms with van der Waals surface area (Å²) in [6.07, 6.45) is 0. The van der Waals surface area contributed by atoms with Crippen molar-refractivity contribution >= 4 is 39.1 Å². The largest absolute Gasteiger partial charge is 0.376 e. The van der Waals surface area contributed by atoms with Gasteiger partial charge in [0.15, 0.2) is 0 Å². The van der Waals surface area contributed by atoms with Crippen molar-refractivity contribution in [1.29, 1.82) is 0 Å². The monoisotopic (exact) mass is 417 g/mol. The number of para-hydroxylation sites is 1. The molecule has 2 rings (SSSR count). The van der Waals surface area contributed by atoms with Crippen molar-refractivity contribution in [2.45, 2.75) is 26.7 Å². The van der Waals surface area contributed by atoms with Gasteiger partial charge in [-0.3, -0.25) is 9.59 Å². The van der Waals surface area contributed by atoms with Gasteiger partial charge in [0, 0.05) is 15.8 Å². The summed E-state index contributed by atoms with van der Waals surface area (Å²) in [5, 5.41) is 8.56. The highest BCUT2D eigenvalue weighted by atomic mass is 79.9. The average Bonchev–Trinajstić information content (AvgIpc) is 2.60. The van der Waals surface area contributed by atoms with Gasteiger partial charge in [-0.1, -0.05) is 48.0 Å². The molecule has 0 radical (unpaired) electrons. The van der Waals surface area contributed by atoms with Crippen molar-refractivity contribution in [2.24, 2.45) is 0 Å². The van der Waals surface area contributed by atoms with Crippen molar-refractivity contribution in [3.63, 3.8) is 0 Å². The normalized spacial score (nSPS) is 10.5. The topological polar surface area (TPSA) is 70.2 Å². The molecule has 5 nitrogen and oxygen atoms in total. The standard InChI is InChI=1S/C20H24BrN3O2/c1-13(2)16-6-4-5-7-18(16)22-11-19(25)23-12-20(26)24-17-9-8-15(21)10-14(17)3/h4-10,13,22H,11-12H2,1-3H3,(H,23,25)(H,24,26). The van der Waals surface area contributed by atoms with Gasteiger partial charge < -0.3 is 16.0 Å². The van der Waals surface area contributed by atoms with E-state index < -0.39 is 0 Å².